The molecule has 13 heavy (non-hydrogen) atoms. The van der Waals surface area contributed by atoms with Gasteiger partial charge in [0, 0.05) is 19.9 Å². The minimum absolute atomic E-state index is 0.0742. The number of esters is 1. The number of carbonyl (C=O) groups is 2. The van der Waals surface area contributed by atoms with E-state index >= 15 is 0 Å². The average molecular weight is 189 g/mol. The number of amides is 1. The molecule has 0 radical (unpaired) electrons. The van der Waals surface area contributed by atoms with Gasteiger partial charge in [0.05, 0.1) is 7.11 Å². The predicted octanol–water partition coefficient (Wildman–Crippen LogP) is 1.10. The van der Waals surface area contributed by atoms with Gasteiger partial charge in [-0.05, 0) is 6.42 Å². The SMILES string of the molecule is CC.COC(=O)CCCNC(C)=O. The minimum atomic E-state index is -0.240. The summed E-state index contributed by atoms with van der Waals surface area (Å²) in [5.41, 5.74) is 0. The maximum absolute atomic E-state index is 10.5. The van der Waals surface area contributed by atoms with E-state index in [2.05, 4.69) is 10.1 Å². The van der Waals surface area contributed by atoms with Crippen LogP contribution in [0.5, 0.6) is 0 Å². The van der Waals surface area contributed by atoms with Crippen molar-refractivity contribution < 1.29 is 14.3 Å². The molecule has 1 amide bonds. The lowest BCUT2D eigenvalue weighted by atomic mass is 10.3. The van der Waals surface area contributed by atoms with Crippen molar-refractivity contribution in [2.45, 2.75) is 33.6 Å². The van der Waals surface area contributed by atoms with Crippen LogP contribution in [0.1, 0.15) is 33.6 Å². The second-order valence-electron chi connectivity index (χ2n) is 2.16. The van der Waals surface area contributed by atoms with E-state index in [1.54, 1.807) is 0 Å². The molecule has 1 N–H and O–H groups in total. The summed E-state index contributed by atoms with van der Waals surface area (Å²) in [6.07, 6.45) is 0.989. The summed E-state index contributed by atoms with van der Waals surface area (Å²) < 4.78 is 4.41. The Hall–Kier alpha value is -1.06. The van der Waals surface area contributed by atoms with Gasteiger partial charge < -0.3 is 10.1 Å². The summed E-state index contributed by atoms with van der Waals surface area (Å²) in [6, 6.07) is 0. The molecular formula is C9H19NO3. The van der Waals surface area contributed by atoms with Crippen LogP contribution in [0, 0.1) is 0 Å². The van der Waals surface area contributed by atoms with Gasteiger partial charge in [0.1, 0.15) is 0 Å². The maximum Gasteiger partial charge on any atom is 0.305 e. The monoisotopic (exact) mass is 189 g/mol. The summed E-state index contributed by atoms with van der Waals surface area (Å²) in [4.78, 5) is 20.9. The van der Waals surface area contributed by atoms with Crippen molar-refractivity contribution in [2.24, 2.45) is 0 Å². The first-order valence-corrected chi connectivity index (χ1v) is 4.48. The third-order valence-corrected chi connectivity index (χ3v) is 1.16. The Morgan fingerprint density at radius 2 is 1.85 bits per heavy atom. The molecule has 4 nitrogen and oxygen atoms in total. The summed E-state index contributed by atoms with van der Waals surface area (Å²) in [6.45, 7) is 5.97. The molecule has 0 rings (SSSR count). The van der Waals surface area contributed by atoms with Crippen LogP contribution in [0.3, 0.4) is 0 Å². The molecule has 0 heterocycles. The Kier molecular flexibility index (Phi) is 12.2. The van der Waals surface area contributed by atoms with E-state index in [1.807, 2.05) is 13.8 Å². The Bertz CT molecular complexity index is 146. The summed E-state index contributed by atoms with van der Waals surface area (Å²) in [5.74, 6) is -0.315. The highest BCUT2D eigenvalue weighted by molar-refractivity contribution is 5.73. The van der Waals surface area contributed by atoms with Crippen LogP contribution < -0.4 is 5.32 Å². The third-order valence-electron chi connectivity index (χ3n) is 1.16. The summed E-state index contributed by atoms with van der Waals surface area (Å²) in [5, 5.41) is 2.58. The summed E-state index contributed by atoms with van der Waals surface area (Å²) in [7, 11) is 1.35. The quantitative estimate of drug-likeness (QED) is 0.532. The van der Waals surface area contributed by atoms with E-state index in [0.717, 1.165) is 0 Å². The van der Waals surface area contributed by atoms with Gasteiger partial charge in [-0.3, -0.25) is 9.59 Å². The van der Waals surface area contributed by atoms with Gasteiger partial charge in [-0.2, -0.15) is 0 Å². The van der Waals surface area contributed by atoms with Crippen molar-refractivity contribution in [3.8, 4) is 0 Å². The molecule has 4 heteroatoms. The van der Waals surface area contributed by atoms with Crippen molar-refractivity contribution in [3.63, 3.8) is 0 Å². The molecule has 0 saturated carbocycles. The number of carbonyl (C=O) groups excluding carboxylic acids is 2. The molecule has 0 saturated heterocycles. The van der Waals surface area contributed by atoms with Crippen LogP contribution in [0.2, 0.25) is 0 Å². The lowest BCUT2D eigenvalue weighted by molar-refractivity contribution is -0.140. The van der Waals surface area contributed by atoms with E-state index in [1.165, 1.54) is 14.0 Å². The van der Waals surface area contributed by atoms with Gasteiger partial charge in [-0.25, -0.2) is 0 Å². The van der Waals surface area contributed by atoms with Crippen LogP contribution >= 0.6 is 0 Å². The Labute approximate surface area is 79.7 Å². The highest BCUT2D eigenvalue weighted by Gasteiger charge is 1.98. The molecule has 0 fully saturated rings. The molecule has 0 bridgehead atoms. The standard InChI is InChI=1S/C7H13NO3.C2H6/c1-6(9)8-5-3-4-7(10)11-2;1-2/h3-5H2,1-2H3,(H,8,9);1-2H3. The number of hydrogen-bond donors (Lipinski definition) is 1. The lowest BCUT2D eigenvalue weighted by Crippen LogP contribution is -2.21. The van der Waals surface area contributed by atoms with Crippen molar-refractivity contribution in [2.75, 3.05) is 13.7 Å². The first-order valence-electron chi connectivity index (χ1n) is 4.48. The number of nitrogens with one attached hydrogen (secondary N) is 1. The van der Waals surface area contributed by atoms with Gasteiger partial charge in [0.15, 0.2) is 0 Å². The van der Waals surface area contributed by atoms with Crippen molar-refractivity contribution >= 4 is 11.9 Å². The predicted molar refractivity (Wildman–Crippen MR) is 51.3 cm³/mol. The van der Waals surface area contributed by atoms with Crippen molar-refractivity contribution in [1.29, 1.82) is 0 Å². The number of ether oxygens (including phenoxy) is 1. The normalized spacial score (nSPS) is 8.00. The first kappa shape index (κ1) is 14.5. The Balaban J connectivity index is 0. The Morgan fingerprint density at radius 1 is 1.31 bits per heavy atom. The number of methoxy groups -OCH3 is 1. The summed E-state index contributed by atoms with van der Waals surface area (Å²) >= 11 is 0. The van der Waals surface area contributed by atoms with Gasteiger partial charge in [0.25, 0.3) is 0 Å². The highest BCUT2D eigenvalue weighted by Crippen LogP contribution is 1.88. The first-order chi connectivity index (χ1) is 6.16. The van der Waals surface area contributed by atoms with Gasteiger partial charge in [-0.1, -0.05) is 13.8 Å². The molecule has 0 aromatic rings. The van der Waals surface area contributed by atoms with Crippen LogP contribution in [0.15, 0.2) is 0 Å². The van der Waals surface area contributed by atoms with E-state index in [4.69, 9.17) is 0 Å². The van der Waals surface area contributed by atoms with Crippen LogP contribution in [-0.2, 0) is 14.3 Å². The average Bonchev–Trinajstić information content (AvgIpc) is 2.15. The molecule has 0 spiro atoms. The number of rotatable bonds is 4. The van der Waals surface area contributed by atoms with E-state index in [9.17, 15) is 9.59 Å². The van der Waals surface area contributed by atoms with Crippen LogP contribution in [0.25, 0.3) is 0 Å². The lowest BCUT2D eigenvalue weighted by Gasteiger charge is -1.99. The second-order valence-corrected chi connectivity index (χ2v) is 2.16. The van der Waals surface area contributed by atoms with Gasteiger partial charge in [0.2, 0.25) is 5.91 Å². The van der Waals surface area contributed by atoms with E-state index in [0.29, 0.717) is 19.4 Å². The van der Waals surface area contributed by atoms with E-state index < -0.39 is 0 Å². The third kappa shape index (κ3) is 13.9. The zero-order valence-electron chi connectivity index (χ0n) is 8.85. The zero-order chi connectivity index (χ0) is 10.7. The molecule has 0 aliphatic heterocycles. The molecule has 0 aromatic heterocycles. The van der Waals surface area contributed by atoms with Crippen molar-refractivity contribution in [3.05, 3.63) is 0 Å². The highest BCUT2D eigenvalue weighted by atomic mass is 16.5. The van der Waals surface area contributed by atoms with E-state index in [-0.39, 0.29) is 11.9 Å². The molecule has 0 unspecified atom stereocenters. The van der Waals surface area contributed by atoms with Gasteiger partial charge >= 0.3 is 5.97 Å². The largest absolute Gasteiger partial charge is 0.469 e. The molecule has 0 atom stereocenters. The van der Waals surface area contributed by atoms with Crippen LogP contribution in [0.4, 0.5) is 0 Å². The maximum atomic E-state index is 10.5. The minimum Gasteiger partial charge on any atom is -0.469 e. The molecule has 0 aliphatic carbocycles. The smallest absolute Gasteiger partial charge is 0.305 e. The van der Waals surface area contributed by atoms with Crippen LogP contribution in [-0.4, -0.2) is 25.5 Å². The van der Waals surface area contributed by atoms with Gasteiger partial charge in [-0.15, -0.1) is 0 Å². The molecule has 78 valence electrons. The van der Waals surface area contributed by atoms with Crippen molar-refractivity contribution in [1.82, 2.24) is 5.32 Å². The fraction of sp³-hybridized carbons (Fsp3) is 0.778. The topological polar surface area (TPSA) is 55.4 Å². The molecular weight excluding hydrogens is 170 g/mol. The second kappa shape index (κ2) is 10.9. The zero-order valence-corrected chi connectivity index (χ0v) is 8.85. The fourth-order valence-corrected chi connectivity index (χ4v) is 0.599. The molecule has 0 aromatic carbocycles. The fourth-order valence-electron chi connectivity index (χ4n) is 0.599. The number of hydrogen-bond acceptors (Lipinski definition) is 3. The Morgan fingerprint density at radius 3 is 2.23 bits per heavy atom. The molecule has 0 aliphatic rings.